The van der Waals surface area contributed by atoms with Crippen molar-refractivity contribution in [1.29, 1.82) is 0 Å². The van der Waals surface area contributed by atoms with E-state index < -0.39 is 0 Å². The average molecular weight is 231 g/mol. The van der Waals surface area contributed by atoms with Gasteiger partial charge in [0.1, 0.15) is 0 Å². The molecule has 1 saturated carbocycles. The second-order valence-corrected chi connectivity index (χ2v) is 4.41. The lowest BCUT2D eigenvalue weighted by molar-refractivity contribution is 0.0625. The van der Waals surface area contributed by atoms with Gasteiger partial charge in [0.05, 0.1) is 6.10 Å². The molecule has 1 aliphatic carbocycles. The Bertz CT molecular complexity index is 491. The maximum absolute atomic E-state index is 9.22. The summed E-state index contributed by atoms with van der Waals surface area (Å²) in [6.07, 6.45) is 5.42. The topological polar surface area (TPSA) is 72.0 Å². The standard InChI is InChI=1S/C12H13N3O2/c16-10-5-9(6-10)12-14-11(15-17-12)4-8-2-1-3-13-7-8/h1-3,7,9-10,16H,4-6H2. The van der Waals surface area contributed by atoms with Crippen molar-refractivity contribution in [1.82, 2.24) is 15.1 Å². The SMILES string of the molecule is OC1CC(c2nc(Cc3cccnc3)no2)C1. The van der Waals surface area contributed by atoms with Crippen LogP contribution in [-0.4, -0.2) is 26.3 Å². The Morgan fingerprint density at radius 1 is 1.41 bits per heavy atom. The fourth-order valence-electron chi connectivity index (χ4n) is 1.98. The molecule has 0 spiro atoms. The summed E-state index contributed by atoms with van der Waals surface area (Å²) >= 11 is 0. The summed E-state index contributed by atoms with van der Waals surface area (Å²) < 4.78 is 5.20. The van der Waals surface area contributed by atoms with E-state index >= 15 is 0 Å². The number of rotatable bonds is 3. The Hall–Kier alpha value is -1.75. The van der Waals surface area contributed by atoms with Crippen LogP contribution in [0.4, 0.5) is 0 Å². The summed E-state index contributed by atoms with van der Waals surface area (Å²) in [5, 5.41) is 13.2. The first-order valence-corrected chi connectivity index (χ1v) is 5.70. The Labute approximate surface area is 98.5 Å². The zero-order valence-corrected chi connectivity index (χ0v) is 9.28. The van der Waals surface area contributed by atoms with Crippen LogP contribution in [0.2, 0.25) is 0 Å². The lowest BCUT2D eigenvalue weighted by Gasteiger charge is -2.27. The van der Waals surface area contributed by atoms with Crippen LogP contribution in [0.5, 0.6) is 0 Å². The van der Waals surface area contributed by atoms with Gasteiger partial charge in [0.15, 0.2) is 5.82 Å². The van der Waals surface area contributed by atoms with Crippen LogP contribution in [0.25, 0.3) is 0 Å². The van der Waals surface area contributed by atoms with Crippen LogP contribution < -0.4 is 0 Å². The molecule has 0 aromatic carbocycles. The maximum atomic E-state index is 9.22. The number of hydrogen-bond donors (Lipinski definition) is 1. The minimum absolute atomic E-state index is 0.200. The van der Waals surface area contributed by atoms with E-state index in [1.54, 1.807) is 12.4 Å². The van der Waals surface area contributed by atoms with Gasteiger partial charge < -0.3 is 9.63 Å². The van der Waals surface area contributed by atoms with Crippen molar-refractivity contribution in [3.8, 4) is 0 Å². The molecular formula is C12H13N3O2. The summed E-state index contributed by atoms with van der Waals surface area (Å²) in [6, 6.07) is 3.87. The van der Waals surface area contributed by atoms with Crippen LogP contribution in [0, 0.1) is 0 Å². The highest BCUT2D eigenvalue weighted by atomic mass is 16.5. The van der Waals surface area contributed by atoms with Gasteiger partial charge in [-0.2, -0.15) is 4.98 Å². The molecule has 5 heteroatoms. The highest BCUT2D eigenvalue weighted by Crippen LogP contribution is 2.35. The van der Waals surface area contributed by atoms with Crippen LogP contribution in [0.3, 0.4) is 0 Å². The Balaban J connectivity index is 1.69. The van der Waals surface area contributed by atoms with E-state index in [0.717, 1.165) is 18.4 Å². The smallest absolute Gasteiger partial charge is 0.229 e. The summed E-state index contributed by atoms with van der Waals surface area (Å²) in [7, 11) is 0. The second kappa shape index (κ2) is 4.25. The Morgan fingerprint density at radius 3 is 3.00 bits per heavy atom. The zero-order valence-electron chi connectivity index (χ0n) is 9.28. The van der Waals surface area contributed by atoms with Crippen molar-refractivity contribution in [2.75, 3.05) is 0 Å². The predicted octanol–water partition coefficient (Wildman–Crippen LogP) is 1.29. The van der Waals surface area contributed by atoms with Crippen molar-refractivity contribution in [3.63, 3.8) is 0 Å². The molecule has 5 nitrogen and oxygen atoms in total. The first-order chi connectivity index (χ1) is 8.31. The molecule has 2 heterocycles. The number of pyridine rings is 1. The van der Waals surface area contributed by atoms with E-state index in [1.165, 1.54) is 0 Å². The largest absolute Gasteiger partial charge is 0.393 e. The van der Waals surface area contributed by atoms with Crippen molar-refractivity contribution in [2.45, 2.75) is 31.3 Å². The van der Waals surface area contributed by atoms with E-state index in [9.17, 15) is 5.11 Å². The van der Waals surface area contributed by atoms with E-state index in [4.69, 9.17) is 4.52 Å². The molecule has 0 unspecified atom stereocenters. The van der Waals surface area contributed by atoms with Gasteiger partial charge in [-0.3, -0.25) is 4.98 Å². The fourth-order valence-corrected chi connectivity index (χ4v) is 1.98. The molecule has 1 N–H and O–H groups in total. The molecule has 88 valence electrons. The maximum Gasteiger partial charge on any atom is 0.229 e. The highest BCUT2D eigenvalue weighted by molar-refractivity contribution is 5.14. The minimum atomic E-state index is -0.200. The molecular weight excluding hydrogens is 218 g/mol. The fraction of sp³-hybridized carbons (Fsp3) is 0.417. The van der Waals surface area contributed by atoms with Gasteiger partial charge in [0, 0.05) is 24.7 Å². The number of aliphatic hydroxyl groups excluding tert-OH is 1. The Kier molecular flexibility index (Phi) is 2.60. The highest BCUT2D eigenvalue weighted by Gasteiger charge is 2.32. The van der Waals surface area contributed by atoms with E-state index in [1.807, 2.05) is 12.1 Å². The molecule has 17 heavy (non-hydrogen) atoms. The molecule has 2 aromatic heterocycles. The summed E-state index contributed by atoms with van der Waals surface area (Å²) in [5.74, 6) is 1.56. The predicted molar refractivity (Wildman–Crippen MR) is 59.3 cm³/mol. The van der Waals surface area contributed by atoms with E-state index in [0.29, 0.717) is 18.1 Å². The van der Waals surface area contributed by atoms with Gasteiger partial charge in [0.25, 0.3) is 0 Å². The normalized spacial score (nSPS) is 23.4. The number of hydrogen-bond acceptors (Lipinski definition) is 5. The summed E-state index contributed by atoms with van der Waals surface area (Å²) in [6.45, 7) is 0. The first kappa shape index (κ1) is 10.4. The third kappa shape index (κ3) is 2.19. The summed E-state index contributed by atoms with van der Waals surface area (Å²) in [4.78, 5) is 8.39. The number of aliphatic hydroxyl groups is 1. The first-order valence-electron chi connectivity index (χ1n) is 5.70. The molecule has 0 bridgehead atoms. The van der Waals surface area contributed by atoms with Crippen LogP contribution in [0.15, 0.2) is 29.0 Å². The molecule has 0 saturated heterocycles. The van der Waals surface area contributed by atoms with Gasteiger partial charge in [0.2, 0.25) is 5.89 Å². The molecule has 3 rings (SSSR count). The third-order valence-corrected chi connectivity index (χ3v) is 3.03. The zero-order chi connectivity index (χ0) is 11.7. The van der Waals surface area contributed by atoms with Crippen LogP contribution >= 0.6 is 0 Å². The van der Waals surface area contributed by atoms with Gasteiger partial charge >= 0.3 is 0 Å². The monoisotopic (exact) mass is 231 g/mol. The molecule has 0 aliphatic heterocycles. The molecule has 0 radical (unpaired) electrons. The average Bonchev–Trinajstić information content (AvgIpc) is 2.74. The van der Waals surface area contributed by atoms with Gasteiger partial charge in [-0.25, -0.2) is 0 Å². The van der Waals surface area contributed by atoms with Crippen molar-refractivity contribution < 1.29 is 9.63 Å². The van der Waals surface area contributed by atoms with Crippen molar-refractivity contribution in [2.24, 2.45) is 0 Å². The second-order valence-electron chi connectivity index (χ2n) is 4.41. The summed E-state index contributed by atoms with van der Waals surface area (Å²) in [5.41, 5.74) is 1.06. The molecule has 1 aliphatic rings. The van der Waals surface area contributed by atoms with E-state index in [2.05, 4.69) is 15.1 Å². The van der Waals surface area contributed by atoms with Crippen molar-refractivity contribution in [3.05, 3.63) is 41.8 Å². The molecule has 2 aromatic rings. The Morgan fingerprint density at radius 2 is 2.29 bits per heavy atom. The van der Waals surface area contributed by atoms with E-state index in [-0.39, 0.29) is 12.0 Å². The van der Waals surface area contributed by atoms with Crippen molar-refractivity contribution >= 4 is 0 Å². The van der Waals surface area contributed by atoms with Gasteiger partial charge in [-0.05, 0) is 24.5 Å². The molecule has 1 fully saturated rings. The van der Waals surface area contributed by atoms with Gasteiger partial charge in [-0.15, -0.1) is 0 Å². The minimum Gasteiger partial charge on any atom is -0.393 e. The van der Waals surface area contributed by atoms with Crippen LogP contribution in [-0.2, 0) is 6.42 Å². The number of aromatic nitrogens is 3. The molecule has 0 atom stereocenters. The molecule has 0 amide bonds. The third-order valence-electron chi connectivity index (χ3n) is 3.03. The lowest BCUT2D eigenvalue weighted by atomic mass is 9.82. The number of nitrogens with zero attached hydrogens (tertiary/aromatic N) is 3. The van der Waals surface area contributed by atoms with Crippen LogP contribution in [0.1, 0.15) is 36.0 Å². The quantitative estimate of drug-likeness (QED) is 0.861. The van der Waals surface area contributed by atoms with Gasteiger partial charge in [-0.1, -0.05) is 11.2 Å². The lowest BCUT2D eigenvalue weighted by Crippen LogP contribution is -2.26.